The molecule has 2 rings (SSSR count). The van der Waals surface area contributed by atoms with Crippen LogP contribution in [0.25, 0.3) is 6.08 Å². The number of carboxylic acid groups (broad SMARTS) is 1. The van der Waals surface area contributed by atoms with E-state index in [0.717, 1.165) is 15.4 Å². The zero-order valence-electron chi connectivity index (χ0n) is 10.4. The summed E-state index contributed by atoms with van der Waals surface area (Å²) in [5.74, 6) is -0.893. The van der Waals surface area contributed by atoms with E-state index in [1.54, 1.807) is 37.2 Å². The summed E-state index contributed by atoms with van der Waals surface area (Å²) in [6, 6.07) is 11.7. The molecule has 0 amide bonds. The molecule has 0 aliphatic heterocycles. The molecule has 4 heteroatoms. The number of pyridine rings is 1. The van der Waals surface area contributed by atoms with Crippen LogP contribution in [-0.2, 0) is 4.79 Å². The number of carbonyl (C=O) groups is 1. The van der Waals surface area contributed by atoms with Gasteiger partial charge in [-0.3, -0.25) is 4.98 Å². The van der Waals surface area contributed by atoms with Crippen molar-refractivity contribution in [1.82, 2.24) is 4.98 Å². The highest BCUT2D eigenvalue weighted by molar-refractivity contribution is 7.99. The van der Waals surface area contributed by atoms with Gasteiger partial charge in [0.15, 0.2) is 0 Å². The van der Waals surface area contributed by atoms with E-state index in [2.05, 4.69) is 4.98 Å². The molecule has 96 valence electrons. The van der Waals surface area contributed by atoms with E-state index in [1.807, 2.05) is 36.4 Å². The summed E-state index contributed by atoms with van der Waals surface area (Å²) in [5.41, 5.74) is 1.22. The van der Waals surface area contributed by atoms with E-state index in [0.29, 0.717) is 5.57 Å². The first kappa shape index (κ1) is 13.4. The number of hydrogen-bond donors (Lipinski definition) is 1. The van der Waals surface area contributed by atoms with E-state index in [1.165, 1.54) is 0 Å². The van der Waals surface area contributed by atoms with E-state index >= 15 is 0 Å². The summed E-state index contributed by atoms with van der Waals surface area (Å²) in [4.78, 5) is 16.9. The lowest BCUT2D eigenvalue weighted by molar-refractivity contribution is -0.132. The second kappa shape index (κ2) is 6.20. The maximum absolute atomic E-state index is 10.7. The molecule has 0 unspecified atom stereocenters. The van der Waals surface area contributed by atoms with Gasteiger partial charge in [-0.05, 0) is 42.8 Å². The number of rotatable bonds is 4. The predicted molar refractivity (Wildman–Crippen MR) is 76.1 cm³/mol. The van der Waals surface area contributed by atoms with Crippen LogP contribution >= 0.6 is 11.8 Å². The Morgan fingerprint density at radius 1 is 1.11 bits per heavy atom. The Morgan fingerprint density at radius 2 is 1.68 bits per heavy atom. The predicted octanol–water partition coefficient (Wildman–Crippen LogP) is 3.72. The molecule has 0 radical (unpaired) electrons. The molecule has 1 aromatic carbocycles. The molecule has 0 aliphatic rings. The van der Waals surface area contributed by atoms with Gasteiger partial charge in [-0.2, -0.15) is 0 Å². The standard InChI is InChI=1S/C15H13NO2S/c1-11(15(17)18)10-12-2-4-13(5-3-12)19-14-6-8-16-9-7-14/h2-10H,1H3,(H,17,18). The SMILES string of the molecule is CC(=Cc1ccc(Sc2ccncc2)cc1)C(=O)O. The first-order valence-corrected chi connectivity index (χ1v) is 6.56. The van der Waals surface area contributed by atoms with Crippen molar-refractivity contribution in [3.63, 3.8) is 0 Å². The van der Waals surface area contributed by atoms with Gasteiger partial charge in [-0.15, -0.1) is 0 Å². The Bertz CT molecular complexity index is 591. The van der Waals surface area contributed by atoms with Crippen LogP contribution in [0.5, 0.6) is 0 Å². The van der Waals surface area contributed by atoms with Gasteiger partial charge in [0.25, 0.3) is 0 Å². The fourth-order valence-corrected chi connectivity index (χ4v) is 2.29. The topological polar surface area (TPSA) is 50.2 Å². The van der Waals surface area contributed by atoms with Gasteiger partial charge in [0.1, 0.15) is 0 Å². The molecule has 0 bridgehead atoms. The Labute approximate surface area is 116 Å². The number of carboxylic acids is 1. The quantitative estimate of drug-likeness (QED) is 0.861. The lowest BCUT2D eigenvalue weighted by atomic mass is 10.1. The van der Waals surface area contributed by atoms with Crippen LogP contribution in [-0.4, -0.2) is 16.1 Å². The zero-order chi connectivity index (χ0) is 13.7. The average Bonchev–Trinajstić information content (AvgIpc) is 2.42. The second-order valence-electron chi connectivity index (χ2n) is 3.99. The van der Waals surface area contributed by atoms with Crippen LogP contribution in [0.4, 0.5) is 0 Å². The molecule has 1 aromatic heterocycles. The van der Waals surface area contributed by atoms with E-state index in [4.69, 9.17) is 5.11 Å². The molecule has 0 aliphatic carbocycles. The van der Waals surface area contributed by atoms with Gasteiger partial charge in [0.05, 0.1) is 0 Å². The van der Waals surface area contributed by atoms with E-state index < -0.39 is 5.97 Å². The van der Waals surface area contributed by atoms with Crippen LogP contribution in [0, 0.1) is 0 Å². The van der Waals surface area contributed by atoms with Gasteiger partial charge < -0.3 is 5.11 Å². The molecule has 1 heterocycles. The maximum Gasteiger partial charge on any atom is 0.331 e. The monoisotopic (exact) mass is 271 g/mol. The first-order chi connectivity index (χ1) is 9.15. The Kier molecular flexibility index (Phi) is 4.36. The zero-order valence-corrected chi connectivity index (χ0v) is 11.2. The lowest BCUT2D eigenvalue weighted by Gasteiger charge is -2.02. The Morgan fingerprint density at radius 3 is 2.26 bits per heavy atom. The normalized spacial score (nSPS) is 11.3. The van der Waals surface area contributed by atoms with Crippen molar-refractivity contribution in [2.75, 3.05) is 0 Å². The van der Waals surface area contributed by atoms with Gasteiger partial charge in [0, 0.05) is 27.8 Å². The van der Waals surface area contributed by atoms with Gasteiger partial charge in [0.2, 0.25) is 0 Å². The molecule has 19 heavy (non-hydrogen) atoms. The minimum Gasteiger partial charge on any atom is -0.478 e. The first-order valence-electron chi connectivity index (χ1n) is 5.75. The third-order valence-electron chi connectivity index (χ3n) is 2.49. The van der Waals surface area contributed by atoms with Crippen LogP contribution in [0.1, 0.15) is 12.5 Å². The van der Waals surface area contributed by atoms with Crippen molar-refractivity contribution in [2.24, 2.45) is 0 Å². The van der Waals surface area contributed by atoms with Crippen LogP contribution in [0.2, 0.25) is 0 Å². The van der Waals surface area contributed by atoms with Gasteiger partial charge in [-0.1, -0.05) is 23.9 Å². The van der Waals surface area contributed by atoms with Gasteiger partial charge >= 0.3 is 5.97 Å². The van der Waals surface area contributed by atoms with E-state index in [9.17, 15) is 4.79 Å². The van der Waals surface area contributed by atoms with Crippen molar-refractivity contribution in [3.05, 3.63) is 59.9 Å². The van der Waals surface area contributed by atoms with Crippen molar-refractivity contribution < 1.29 is 9.90 Å². The van der Waals surface area contributed by atoms with Crippen LogP contribution in [0.15, 0.2) is 64.2 Å². The lowest BCUT2D eigenvalue weighted by Crippen LogP contribution is -1.95. The van der Waals surface area contributed by atoms with Gasteiger partial charge in [-0.25, -0.2) is 4.79 Å². The highest BCUT2D eigenvalue weighted by atomic mass is 32.2. The van der Waals surface area contributed by atoms with Crippen LogP contribution < -0.4 is 0 Å². The number of hydrogen-bond acceptors (Lipinski definition) is 3. The minimum atomic E-state index is -0.893. The molecule has 0 saturated carbocycles. The smallest absolute Gasteiger partial charge is 0.331 e. The molecule has 3 nitrogen and oxygen atoms in total. The minimum absolute atomic E-state index is 0.328. The molecule has 0 fully saturated rings. The Balaban J connectivity index is 2.11. The Hall–Kier alpha value is -2.07. The molecule has 2 aromatic rings. The summed E-state index contributed by atoms with van der Waals surface area (Å²) in [5, 5.41) is 8.81. The van der Waals surface area contributed by atoms with Crippen molar-refractivity contribution in [2.45, 2.75) is 16.7 Å². The average molecular weight is 271 g/mol. The third kappa shape index (κ3) is 3.96. The number of nitrogens with zero attached hydrogens (tertiary/aromatic N) is 1. The summed E-state index contributed by atoms with van der Waals surface area (Å²) >= 11 is 1.64. The van der Waals surface area contributed by atoms with Crippen molar-refractivity contribution in [1.29, 1.82) is 0 Å². The highest BCUT2D eigenvalue weighted by Gasteiger charge is 2.00. The molecular formula is C15H13NO2S. The number of aliphatic carboxylic acids is 1. The largest absolute Gasteiger partial charge is 0.478 e. The molecule has 0 spiro atoms. The summed E-state index contributed by atoms with van der Waals surface area (Å²) < 4.78 is 0. The summed E-state index contributed by atoms with van der Waals surface area (Å²) in [6.07, 6.45) is 5.18. The molecular weight excluding hydrogens is 258 g/mol. The second-order valence-corrected chi connectivity index (χ2v) is 5.13. The van der Waals surface area contributed by atoms with Crippen molar-refractivity contribution in [3.8, 4) is 0 Å². The van der Waals surface area contributed by atoms with Crippen molar-refractivity contribution >= 4 is 23.8 Å². The molecule has 0 atom stereocenters. The maximum atomic E-state index is 10.7. The summed E-state index contributed by atoms with van der Waals surface area (Å²) in [7, 11) is 0. The highest BCUT2D eigenvalue weighted by Crippen LogP contribution is 2.27. The fraction of sp³-hybridized carbons (Fsp3) is 0.0667. The molecule has 1 N–H and O–H groups in total. The molecule has 0 saturated heterocycles. The van der Waals surface area contributed by atoms with E-state index in [-0.39, 0.29) is 0 Å². The third-order valence-corrected chi connectivity index (χ3v) is 3.50. The fourth-order valence-electron chi connectivity index (χ4n) is 1.49. The van der Waals surface area contributed by atoms with Crippen LogP contribution in [0.3, 0.4) is 0 Å². The number of benzene rings is 1. The number of aromatic nitrogens is 1. The summed E-state index contributed by atoms with van der Waals surface area (Å²) in [6.45, 7) is 1.59.